The van der Waals surface area contributed by atoms with Gasteiger partial charge in [0, 0.05) is 13.1 Å². The van der Waals surface area contributed by atoms with Crippen molar-refractivity contribution < 1.29 is 27.6 Å². The molecule has 0 bridgehead atoms. The number of nitrogens with one attached hydrogen (secondary N) is 2. The number of amides is 4. The number of nitrogens with zero attached hydrogens (tertiary/aromatic N) is 2. The minimum Gasteiger partial charge on any atom is -0.351 e. The van der Waals surface area contributed by atoms with E-state index in [1.165, 1.54) is 34.1 Å². The van der Waals surface area contributed by atoms with E-state index in [4.69, 9.17) is 0 Å². The molecule has 2 aliphatic heterocycles. The first-order valence-corrected chi connectivity index (χ1v) is 11.2. The SMILES string of the molecule is C=CCNC(=O)[C@H](CC(C)C)N1CC2=C(C1=O)[C@@H](c1ccccc1C(F)(F)F)NC(=O)N2CC. The van der Waals surface area contributed by atoms with Gasteiger partial charge in [0.1, 0.15) is 6.04 Å². The third-order valence-electron chi connectivity index (χ3n) is 5.94. The largest absolute Gasteiger partial charge is 0.416 e. The first kappa shape index (κ1) is 25.3. The van der Waals surface area contributed by atoms with Crippen LogP contribution in [0.5, 0.6) is 0 Å². The third kappa shape index (κ3) is 4.80. The van der Waals surface area contributed by atoms with Crippen molar-refractivity contribution in [2.45, 2.75) is 45.5 Å². The zero-order chi connectivity index (χ0) is 25.2. The number of likely N-dealkylation sites (N-methyl/N-ethyl adjacent to an activating group) is 1. The van der Waals surface area contributed by atoms with Crippen LogP contribution in [0.2, 0.25) is 0 Å². The van der Waals surface area contributed by atoms with E-state index in [9.17, 15) is 27.6 Å². The second kappa shape index (κ2) is 9.90. The lowest BCUT2D eigenvalue weighted by Crippen LogP contribution is -2.49. The number of urea groups is 1. The van der Waals surface area contributed by atoms with Gasteiger partial charge in [0.05, 0.1) is 29.4 Å². The summed E-state index contributed by atoms with van der Waals surface area (Å²) in [6.07, 6.45) is -2.80. The Hall–Kier alpha value is -3.30. The third-order valence-corrected chi connectivity index (χ3v) is 5.94. The lowest BCUT2D eigenvalue weighted by Gasteiger charge is -2.33. The van der Waals surface area contributed by atoms with Crippen LogP contribution >= 0.6 is 0 Å². The second-order valence-corrected chi connectivity index (χ2v) is 8.68. The topological polar surface area (TPSA) is 81.8 Å². The number of alkyl halides is 3. The van der Waals surface area contributed by atoms with Crippen LogP contribution in [0.1, 0.15) is 44.4 Å². The number of benzene rings is 1. The van der Waals surface area contributed by atoms with Gasteiger partial charge >= 0.3 is 12.2 Å². The van der Waals surface area contributed by atoms with Gasteiger partial charge in [-0.3, -0.25) is 14.5 Å². The molecule has 7 nitrogen and oxygen atoms in total. The fourth-order valence-corrected chi connectivity index (χ4v) is 4.45. The molecule has 2 heterocycles. The molecule has 3 rings (SSSR count). The van der Waals surface area contributed by atoms with E-state index in [1.807, 2.05) is 13.8 Å². The number of hydrogen-bond acceptors (Lipinski definition) is 3. The normalized spacial score (nSPS) is 19.3. The summed E-state index contributed by atoms with van der Waals surface area (Å²) in [5.41, 5.74) is -0.754. The molecular formula is C24H29F3N4O3. The van der Waals surface area contributed by atoms with Gasteiger partial charge in [-0.15, -0.1) is 6.58 Å². The van der Waals surface area contributed by atoms with Gasteiger partial charge in [-0.25, -0.2) is 4.79 Å². The molecule has 0 aromatic heterocycles. The van der Waals surface area contributed by atoms with Gasteiger partial charge in [0.15, 0.2) is 0 Å². The summed E-state index contributed by atoms with van der Waals surface area (Å²) in [4.78, 5) is 42.1. The Balaban J connectivity index is 2.08. The summed E-state index contributed by atoms with van der Waals surface area (Å²) in [5, 5.41) is 5.29. The maximum atomic E-state index is 13.8. The molecule has 0 saturated heterocycles. The quantitative estimate of drug-likeness (QED) is 0.560. The summed E-state index contributed by atoms with van der Waals surface area (Å²) in [5.74, 6) is -0.875. The summed E-state index contributed by atoms with van der Waals surface area (Å²) in [6, 6.07) is 2.17. The van der Waals surface area contributed by atoms with E-state index in [1.54, 1.807) is 6.92 Å². The average molecular weight is 479 g/mol. The lowest BCUT2D eigenvalue weighted by molar-refractivity contribution is -0.139. The van der Waals surface area contributed by atoms with Gasteiger partial charge in [-0.1, -0.05) is 38.1 Å². The molecule has 0 fully saturated rings. The van der Waals surface area contributed by atoms with Crippen molar-refractivity contribution in [3.8, 4) is 0 Å². The molecule has 1 aromatic rings. The smallest absolute Gasteiger partial charge is 0.351 e. The van der Waals surface area contributed by atoms with Crippen LogP contribution in [-0.4, -0.2) is 53.3 Å². The van der Waals surface area contributed by atoms with Crippen LogP contribution in [-0.2, 0) is 15.8 Å². The van der Waals surface area contributed by atoms with Crippen molar-refractivity contribution in [2.75, 3.05) is 19.6 Å². The highest BCUT2D eigenvalue weighted by atomic mass is 19.4. The van der Waals surface area contributed by atoms with Crippen molar-refractivity contribution in [2.24, 2.45) is 5.92 Å². The maximum Gasteiger partial charge on any atom is 0.416 e. The van der Waals surface area contributed by atoms with Gasteiger partial charge in [-0.05, 0) is 30.9 Å². The summed E-state index contributed by atoms with van der Waals surface area (Å²) in [7, 11) is 0. The molecule has 0 saturated carbocycles. The van der Waals surface area contributed by atoms with Crippen molar-refractivity contribution in [3.05, 3.63) is 59.3 Å². The molecule has 0 spiro atoms. The summed E-state index contributed by atoms with van der Waals surface area (Å²) < 4.78 is 41.3. The summed E-state index contributed by atoms with van der Waals surface area (Å²) in [6.45, 7) is 9.50. The van der Waals surface area contributed by atoms with Gasteiger partial charge in [0.25, 0.3) is 5.91 Å². The van der Waals surface area contributed by atoms with E-state index < -0.39 is 35.8 Å². The van der Waals surface area contributed by atoms with E-state index in [2.05, 4.69) is 17.2 Å². The van der Waals surface area contributed by atoms with Crippen LogP contribution in [0.4, 0.5) is 18.0 Å². The van der Waals surface area contributed by atoms with E-state index in [0.29, 0.717) is 12.1 Å². The fraction of sp³-hybridized carbons (Fsp3) is 0.458. The Bertz CT molecular complexity index is 1020. The Morgan fingerprint density at radius 2 is 1.97 bits per heavy atom. The predicted molar refractivity (Wildman–Crippen MR) is 120 cm³/mol. The highest BCUT2D eigenvalue weighted by molar-refractivity contribution is 6.03. The number of halogens is 3. The molecule has 2 N–H and O–H groups in total. The van der Waals surface area contributed by atoms with Crippen LogP contribution in [0.3, 0.4) is 0 Å². The molecule has 34 heavy (non-hydrogen) atoms. The molecule has 0 unspecified atom stereocenters. The highest BCUT2D eigenvalue weighted by Crippen LogP contribution is 2.42. The number of carbonyl (C=O) groups is 3. The molecule has 0 radical (unpaired) electrons. The number of hydrogen-bond donors (Lipinski definition) is 2. The Morgan fingerprint density at radius 1 is 1.29 bits per heavy atom. The summed E-state index contributed by atoms with van der Waals surface area (Å²) >= 11 is 0. The van der Waals surface area contributed by atoms with Gasteiger partial charge in [0.2, 0.25) is 5.91 Å². The van der Waals surface area contributed by atoms with E-state index >= 15 is 0 Å². The molecule has 1 aromatic carbocycles. The number of rotatable bonds is 8. The van der Waals surface area contributed by atoms with Crippen molar-refractivity contribution in [1.82, 2.24) is 20.4 Å². The maximum absolute atomic E-state index is 13.8. The first-order valence-electron chi connectivity index (χ1n) is 11.2. The van der Waals surface area contributed by atoms with E-state index in [-0.39, 0.29) is 42.6 Å². The van der Waals surface area contributed by atoms with E-state index in [0.717, 1.165) is 6.07 Å². The Labute approximate surface area is 196 Å². The monoisotopic (exact) mass is 478 g/mol. The van der Waals surface area contributed by atoms with Crippen molar-refractivity contribution in [3.63, 3.8) is 0 Å². The van der Waals surface area contributed by atoms with Gasteiger partial charge in [-0.2, -0.15) is 13.2 Å². The molecule has 184 valence electrons. The molecule has 0 aliphatic carbocycles. The van der Waals surface area contributed by atoms with Crippen molar-refractivity contribution >= 4 is 17.8 Å². The van der Waals surface area contributed by atoms with Crippen molar-refractivity contribution in [1.29, 1.82) is 0 Å². The molecule has 4 amide bonds. The minimum atomic E-state index is -4.67. The predicted octanol–water partition coefficient (Wildman–Crippen LogP) is 3.60. The first-order chi connectivity index (χ1) is 16.0. The zero-order valence-electron chi connectivity index (χ0n) is 19.4. The lowest BCUT2D eigenvalue weighted by atomic mass is 9.91. The van der Waals surface area contributed by atoms with Gasteiger partial charge < -0.3 is 15.5 Å². The zero-order valence-corrected chi connectivity index (χ0v) is 19.4. The highest BCUT2D eigenvalue weighted by Gasteiger charge is 2.48. The molecule has 2 atom stereocenters. The Kier molecular flexibility index (Phi) is 7.38. The molecule has 2 aliphatic rings. The Morgan fingerprint density at radius 3 is 2.56 bits per heavy atom. The molecule has 10 heteroatoms. The minimum absolute atomic E-state index is 0.0427. The van der Waals surface area contributed by atoms with Crippen LogP contribution < -0.4 is 10.6 Å². The standard InChI is InChI=1S/C24H29F3N4O3/c1-5-11-28-21(32)17(12-14(3)4)31-13-18-19(22(31)33)20(29-23(34)30(18)6-2)15-9-7-8-10-16(15)24(25,26)27/h5,7-10,14,17,20H,1,6,11-13H2,2-4H3,(H,28,32)(H,29,34)/t17-,20+/m0/s1. The second-order valence-electron chi connectivity index (χ2n) is 8.68. The van der Waals surface area contributed by atoms with Crippen LogP contribution in [0, 0.1) is 5.92 Å². The number of carbonyl (C=O) groups excluding carboxylic acids is 3. The average Bonchev–Trinajstić information content (AvgIpc) is 3.11. The molecular weight excluding hydrogens is 449 g/mol. The van der Waals surface area contributed by atoms with Crippen LogP contribution in [0.25, 0.3) is 0 Å². The fourth-order valence-electron chi connectivity index (χ4n) is 4.45. The van der Waals surface area contributed by atoms with Crippen LogP contribution in [0.15, 0.2) is 48.2 Å².